The Morgan fingerprint density at radius 1 is 1.07 bits per heavy atom. The molecule has 1 aromatic carbocycles. The minimum atomic E-state index is -0.632. The van der Waals surface area contributed by atoms with Crippen LogP contribution in [0.2, 0.25) is 0 Å². The van der Waals surface area contributed by atoms with Crippen LogP contribution in [-0.2, 0) is 18.3 Å². The van der Waals surface area contributed by atoms with Crippen LogP contribution in [0.1, 0.15) is 66.3 Å². The number of imidazole rings is 1. The van der Waals surface area contributed by atoms with E-state index in [2.05, 4.69) is 10.3 Å². The summed E-state index contributed by atoms with van der Waals surface area (Å²) in [5.41, 5.74) is 2.36. The Bertz CT molecular complexity index is 837. The lowest BCUT2D eigenvalue weighted by Crippen LogP contribution is -2.49. The van der Waals surface area contributed by atoms with Crippen LogP contribution >= 0.6 is 0 Å². The summed E-state index contributed by atoms with van der Waals surface area (Å²) in [6.07, 6.45) is 9.22. The van der Waals surface area contributed by atoms with Crippen LogP contribution < -0.4 is 5.32 Å². The molecule has 6 heteroatoms. The number of rotatable bonds is 3. The second kappa shape index (κ2) is 8.17. The molecule has 4 rings (SSSR count). The van der Waals surface area contributed by atoms with Gasteiger partial charge in [-0.15, -0.1) is 0 Å². The lowest BCUT2D eigenvalue weighted by atomic mass is 9.99. The van der Waals surface area contributed by atoms with E-state index in [-0.39, 0.29) is 17.9 Å². The Morgan fingerprint density at radius 2 is 1.79 bits per heavy atom. The predicted molar refractivity (Wildman–Crippen MR) is 107 cm³/mol. The molecule has 28 heavy (non-hydrogen) atoms. The van der Waals surface area contributed by atoms with Crippen LogP contribution in [0, 0.1) is 0 Å². The standard InChI is InChI=1S/C22H28N4O2/c1-25-15-23-18-13-14-26(22(28)16-9-5-4-6-10-16)20(19(18)25)21(27)24-17-11-7-2-3-8-12-17/h4-6,9-10,15,17,20H,2-3,7-8,11-14H2,1H3,(H,24,27). The van der Waals surface area contributed by atoms with Gasteiger partial charge in [0.25, 0.3) is 5.91 Å². The van der Waals surface area contributed by atoms with E-state index >= 15 is 0 Å². The van der Waals surface area contributed by atoms with Gasteiger partial charge in [-0.05, 0) is 25.0 Å². The summed E-state index contributed by atoms with van der Waals surface area (Å²) < 4.78 is 1.89. The molecule has 0 spiro atoms. The van der Waals surface area contributed by atoms with Crippen molar-refractivity contribution in [2.75, 3.05) is 6.54 Å². The van der Waals surface area contributed by atoms with Crippen LogP contribution in [0.25, 0.3) is 0 Å². The molecule has 1 unspecified atom stereocenters. The zero-order valence-electron chi connectivity index (χ0n) is 16.4. The summed E-state index contributed by atoms with van der Waals surface area (Å²) in [5.74, 6) is -0.186. The topological polar surface area (TPSA) is 67.2 Å². The summed E-state index contributed by atoms with van der Waals surface area (Å²) in [6, 6.07) is 8.78. The Kier molecular flexibility index (Phi) is 5.46. The van der Waals surface area contributed by atoms with Crippen molar-refractivity contribution in [2.45, 2.75) is 57.0 Å². The number of hydrogen-bond acceptors (Lipinski definition) is 3. The Hall–Kier alpha value is -2.63. The molecular weight excluding hydrogens is 352 g/mol. The lowest BCUT2D eigenvalue weighted by Gasteiger charge is -2.36. The van der Waals surface area contributed by atoms with Gasteiger partial charge < -0.3 is 14.8 Å². The highest BCUT2D eigenvalue weighted by Crippen LogP contribution is 2.31. The molecule has 2 aliphatic rings. The van der Waals surface area contributed by atoms with Crippen LogP contribution in [0.4, 0.5) is 0 Å². The molecule has 148 valence electrons. The molecule has 1 fully saturated rings. The molecule has 0 bridgehead atoms. The Labute approximate surface area is 165 Å². The average Bonchev–Trinajstić information content (AvgIpc) is 2.92. The summed E-state index contributed by atoms with van der Waals surface area (Å²) in [6.45, 7) is 0.500. The van der Waals surface area contributed by atoms with E-state index in [4.69, 9.17) is 0 Å². The number of aromatic nitrogens is 2. The number of hydrogen-bond donors (Lipinski definition) is 1. The van der Waals surface area contributed by atoms with E-state index in [1.807, 2.05) is 29.8 Å². The van der Waals surface area contributed by atoms with Crippen molar-refractivity contribution in [3.8, 4) is 0 Å². The molecule has 6 nitrogen and oxygen atoms in total. The maximum atomic E-state index is 13.4. The van der Waals surface area contributed by atoms with Crippen molar-refractivity contribution < 1.29 is 9.59 Å². The zero-order valence-corrected chi connectivity index (χ0v) is 16.4. The van der Waals surface area contributed by atoms with Gasteiger partial charge in [0, 0.05) is 31.6 Å². The lowest BCUT2D eigenvalue weighted by molar-refractivity contribution is -0.127. The number of fused-ring (bicyclic) bond motifs is 1. The van der Waals surface area contributed by atoms with Crippen LogP contribution in [0.5, 0.6) is 0 Å². The molecule has 1 aliphatic heterocycles. The van der Waals surface area contributed by atoms with Gasteiger partial charge in [-0.1, -0.05) is 43.9 Å². The maximum absolute atomic E-state index is 13.4. The van der Waals surface area contributed by atoms with Crippen molar-refractivity contribution in [1.29, 1.82) is 0 Å². The smallest absolute Gasteiger partial charge is 0.254 e. The molecule has 2 amide bonds. The van der Waals surface area contributed by atoms with Crippen molar-refractivity contribution in [3.05, 3.63) is 53.6 Å². The van der Waals surface area contributed by atoms with E-state index < -0.39 is 6.04 Å². The van der Waals surface area contributed by atoms with E-state index in [1.165, 1.54) is 12.8 Å². The van der Waals surface area contributed by atoms with Crippen molar-refractivity contribution in [1.82, 2.24) is 19.8 Å². The Balaban J connectivity index is 1.63. The Morgan fingerprint density at radius 3 is 2.50 bits per heavy atom. The molecule has 0 saturated heterocycles. The first-order valence-corrected chi connectivity index (χ1v) is 10.3. The van der Waals surface area contributed by atoms with Crippen LogP contribution in [0.15, 0.2) is 36.7 Å². The van der Waals surface area contributed by atoms with Gasteiger partial charge in [0.05, 0.1) is 17.7 Å². The minimum Gasteiger partial charge on any atom is -0.351 e. The second-order valence-corrected chi connectivity index (χ2v) is 7.90. The third kappa shape index (κ3) is 3.68. The third-order valence-electron chi connectivity index (χ3n) is 5.95. The number of aryl methyl sites for hydroxylation is 1. The molecule has 2 heterocycles. The molecular formula is C22H28N4O2. The normalized spacial score (nSPS) is 20.3. The van der Waals surface area contributed by atoms with Gasteiger partial charge in [0.15, 0.2) is 6.04 Å². The number of carbonyl (C=O) groups excluding carboxylic acids is 2. The fourth-order valence-electron chi connectivity index (χ4n) is 4.47. The second-order valence-electron chi connectivity index (χ2n) is 7.90. The van der Waals surface area contributed by atoms with E-state index in [9.17, 15) is 9.59 Å². The third-order valence-corrected chi connectivity index (χ3v) is 5.95. The van der Waals surface area contributed by atoms with Gasteiger partial charge in [-0.3, -0.25) is 9.59 Å². The number of carbonyl (C=O) groups is 2. The monoisotopic (exact) mass is 380 g/mol. The largest absolute Gasteiger partial charge is 0.351 e. The summed E-state index contributed by atoms with van der Waals surface area (Å²) >= 11 is 0. The van der Waals surface area contributed by atoms with Gasteiger partial charge in [-0.25, -0.2) is 4.98 Å². The van der Waals surface area contributed by atoms with Crippen molar-refractivity contribution in [2.24, 2.45) is 7.05 Å². The van der Waals surface area contributed by atoms with E-state index in [1.54, 1.807) is 23.4 Å². The zero-order chi connectivity index (χ0) is 19.5. The fraction of sp³-hybridized carbons (Fsp3) is 0.500. The molecule has 1 N–H and O–H groups in total. The molecule has 0 radical (unpaired) electrons. The first kappa shape index (κ1) is 18.7. The van der Waals surface area contributed by atoms with Gasteiger partial charge in [0.1, 0.15) is 0 Å². The first-order valence-electron chi connectivity index (χ1n) is 10.3. The highest BCUT2D eigenvalue weighted by atomic mass is 16.2. The molecule has 1 saturated carbocycles. The number of nitrogens with one attached hydrogen (secondary N) is 1. The SMILES string of the molecule is Cn1cnc2c1C(C(=O)NC1CCCCCC1)N(C(=O)c1ccccc1)CC2. The van der Waals surface area contributed by atoms with Crippen LogP contribution in [0.3, 0.4) is 0 Å². The van der Waals surface area contributed by atoms with Crippen molar-refractivity contribution >= 4 is 11.8 Å². The van der Waals surface area contributed by atoms with Gasteiger partial charge in [0.2, 0.25) is 5.91 Å². The van der Waals surface area contributed by atoms with Gasteiger partial charge >= 0.3 is 0 Å². The molecule has 2 aromatic rings. The molecule has 1 aliphatic carbocycles. The number of nitrogens with zero attached hydrogens (tertiary/aromatic N) is 3. The minimum absolute atomic E-state index is 0.0827. The highest BCUT2D eigenvalue weighted by molar-refractivity contribution is 5.98. The first-order chi connectivity index (χ1) is 13.6. The van der Waals surface area contributed by atoms with Crippen molar-refractivity contribution in [3.63, 3.8) is 0 Å². The van der Waals surface area contributed by atoms with E-state index in [0.29, 0.717) is 18.5 Å². The molecule has 1 atom stereocenters. The predicted octanol–water partition coefficient (Wildman–Crippen LogP) is 3.00. The highest BCUT2D eigenvalue weighted by Gasteiger charge is 2.39. The van der Waals surface area contributed by atoms with Crippen LogP contribution in [-0.4, -0.2) is 38.9 Å². The maximum Gasteiger partial charge on any atom is 0.254 e. The summed E-state index contributed by atoms with van der Waals surface area (Å²) in [7, 11) is 1.90. The molecule has 1 aromatic heterocycles. The van der Waals surface area contributed by atoms with E-state index in [0.717, 1.165) is 37.1 Å². The van der Waals surface area contributed by atoms with Gasteiger partial charge in [-0.2, -0.15) is 0 Å². The number of benzene rings is 1. The fourth-order valence-corrected chi connectivity index (χ4v) is 4.47. The quantitative estimate of drug-likeness (QED) is 0.833. The summed E-state index contributed by atoms with van der Waals surface area (Å²) in [5, 5.41) is 3.25. The summed E-state index contributed by atoms with van der Waals surface area (Å²) in [4.78, 5) is 32.8. The number of amides is 2. The average molecular weight is 380 g/mol.